The number of hydrogen-bond acceptors (Lipinski definition) is 5. The molecule has 0 atom stereocenters. The Labute approximate surface area is 190 Å². The Morgan fingerprint density at radius 3 is 2.50 bits per heavy atom. The van der Waals surface area contributed by atoms with E-state index in [-0.39, 0.29) is 24.4 Å². The molecule has 1 heterocycles. The Hall–Kier alpha value is -2.96. The van der Waals surface area contributed by atoms with Gasteiger partial charge in [0, 0.05) is 19.0 Å². The highest BCUT2D eigenvalue weighted by Gasteiger charge is 2.34. The number of carbonyl (C=O) groups is 2. The van der Waals surface area contributed by atoms with E-state index in [2.05, 4.69) is 6.92 Å². The van der Waals surface area contributed by atoms with Gasteiger partial charge in [-0.25, -0.2) is 0 Å². The van der Waals surface area contributed by atoms with Crippen molar-refractivity contribution >= 4 is 11.8 Å². The number of ether oxygens (including phenoxy) is 2. The zero-order valence-corrected chi connectivity index (χ0v) is 19.3. The van der Waals surface area contributed by atoms with Crippen LogP contribution in [0.4, 0.5) is 0 Å². The lowest BCUT2D eigenvalue weighted by atomic mass is 10.1. The summed E-state index contributed by atoms with van der Waals surface area (Å²) in [4.78, 5) is 29.5. The lowest BCUT2D eigenvalue weighted by Crippen LogP contribution is -2.44. The summed E-state index contributed by atoms with van der Waals surface area (Å²) in [7, 11) is 3.21. The quantitative estimate of drug-likeness (QED) is 0.468. The second-order valence-corrected chi connectivity index (χ2v) is 8.19. The van der Waals surface area contributed by atoms with Crippen LogP contribution in [0.5, 0.6) is 11.5 Å². The van der Waals surface area contributed by atoms with Gasteiger partial charge in [-0.15, -0.1) is 0 Å². The van der Waals surface area contributed by atoms with Crippen molar-refractivity contribution in [2.24, 2.45) is 0 Å². The van der Waals surface area contributed by atoms with Crippen molar-refractivity contribution in [3.63, 3.8) is 0 Å². The number of hydrogen-bond donors (Lipinski definition) is 0. The first-order valence-corrected chi connectivity index (χ1v) is 11.4. The molecular weight excluding hydrogens is 408 g/mol. The molecule has 3 rings (SSSR count). The predicted molar refractivity (Wildman–Crippen MR) is 122 cm³/mol. The number of benzene rings is 1. The zero-order valence-electron chi connectivity index (χ0n) is 19.3. The second-order valence-electron chi connectivity index (χ2n) is 8.19. The minimum absolute atomic E-state index is 0.0568. The normalized spacial score (nSPS) is 13.0. The molecule has 0 spiro atoms. The van der Waals surface area contributed by atoms with Gasteiger partial charge in [-0.3, -0.25) is 9.59 Å². The zero-order chi connectivity index (χ0) is 22.9. The van der Waals surface area contributed by atoms with Gasteiger partial charge in [0.25, 0.3) is 0 Å². The van der Waals surface area contributed by atoms with E-state index in [9.17, 15) is 9.59 Å². The summed E-state index contributed by atoms with van der Waals surface area (Å²) >= 11 is 0. The van der Waals surface area contributed by atoms with Crippen LogP contribution in [0.3, 0.4) is 0 Å². The van der Waals surface area contributed by atoms with Crippen molar-refractivity contribution in [3.8, 4) is 11.5 Å². The largest absolute Gasteiger partial charge is 0.493 e. The maximum atomic E-state index is 13.3. The van der Waals surface area contributed by atoms with Gasteiger partial charge in [-0.2, -0.15) is 0 Å². The summed E-state index contributed by atoms with van der Waals surface area (Å²) in [5.74, 6) is 2.08. The van der Waals surface area contributed by atoms with Crippen molar-refractivity contribution < 1.29 is 23.5 Å². The molecule has 0 radical (unpaired) electrons. The summed E-state index contributed by atoms with van der Waals surface area (Å²) in [5.41, 5.74) is 1.04. The van der Waals surface area contributed by atoms with Crippen LogP contribution in [0, 0.1) is 0 Å². The third kappa shape index (κ3) is 6.52. The summed E-state index contributed by atoms with van der Waals surface area (Å²) in [6, 6.07) is 9.66. The van der Waals surface area contributed by atoms with Gasteiger partial charge in [-0.05, 0) is 55.5 Å². The van der Waals surface area contributed by atoms with E-state index >= 15 is 0 Å². The van der Waals surface area contributed by atoms with Crippen LogP contribution >= 0.6 is 0 Å². The van der Waals surface area contributed by atoms with E-state index in [0.717, 1.165) is 37.0 Å². The molecular formula is C25H34N2O5. The van der Waals surface area contributed by atoms with Gasteiger partial charge < -0.3 is 23.7 Å². The predicted octanol–water partition coefficient (Wildman–Crippen LogP) is 4.05. The number of nitrogens with zero attached hydrogens (tertiary/aromatic N) is 2. The van der Waals surface area contributed by atoms with Gasteiger partial charge in [0.2, 0.25) is 11.8 Å². The molecule has 1 aromatic heterocycles. The van der Waals surface area contributed by atoms with Crippen LogP contribution < -0.4 is 9.47 Å². The number of rotatable bonds is 13. The first-order valence-electron chi connectivity index (χ1n) is 11.4. The Morgan fingerprint density at radius 1 is 1.09 bits per heavy atom. The summed E-state index contributed by atoms with van der Waals surface area (Å²) in [5, 5.41) is 0. The molecule has 1 aromatic carbocycles. The molecule has 2 amide bonds. The minimum atomic E-state index is -0.0568. The fourth-order valence-electron chi connectivity index (χ4n) is 3.71. The Kier molecular flexibility index (Phi) is 8.59. The van der Waals surface area contributed by atoms with Crippen molar-refractivity contribution in [3.05, 3.63) is 47.9 Å². The molecule has 0 N–H and O–H groups in total. The van der Waals surface area contributed by atoms with E-state index in [4.69, 9.17) is 13.9 Å². The molecule has 0 aliphatic heterocycles. The minimum Gasteiger partial charge on any atom is -0.493 e. The number of methoxy groups -OCH3 is 2. The smallest absolute Gasteiger partial charge is 0.242 e. The molecule has 1 aliphatic carbocycles. The molecule has 0 bridgehead atoms. The van der Waals surface area contributed by atoms with E-state index in [0.29, 0.717) is 37.4 Å². The average molecular weight is 443 g/mol. The van der Waals surface area contributed by atoms with Crippen LogP contribution in [0.1, 0.15) is 50.4 Å². The molecule has 1 fully saturated rings. The summed E-state index contributed by atoms with van der Waals surface area (Å²) < 4.78 is 16.2. The number of furan rings is 1. The van der Waals surface area contributed by atoms with Crippen LogP contribution in [0.25, 0.3) is 0 Å². The Bertz CT molecular complexity index is 876. The number of amides is 2. The molecule has 0 unspecified atom stereocenters. The molecule has 0 saturated heterocycles. The maximum absolute atomic E-state index is 13.3. The molecule has 32 heavy (non-hydrogen) atoms. The SMILES string of the molecule is CCCCC(=O)N(CC(=O)N(CCc1ccc(OC)c(OC)c1)Cc1ccco1)C1CC1. The standard InChI is InChI=1S/C25H34N2O5/c1-4-5-8-24(28)27(20-10-11-20)18-25(29)26(17-21-7-6-15-32-21)14-13-19-9-12-22(30-2)23(16-19)31-3/h6-7,9,12,15-16,20H,4-5,8,10-11,13-14,17-18H2,1-3H3. The Balaban J connectivity index is 1.69. The van der Waals surface area contributed by atoms with Gasteiger partial charge in [-0.1, -0.05) is 19.4 Å². The summed E-state index contributed by atoms with van der Waals surface area (Å²) in [6.45, 7) is 3.08. The van der Waals surface area contributed by atoms with Crippen LogP contribution in [0.15, 0.2) is 41.0 Å². The highest BCUT2D eigenvalue weighted by Crippen LogP contribution is 2.29. The monoisotopic (exact) mass is 442 g/mol. The average Bonchev–Trinajstić information content (AvgIpc) is 3.52. The molecule has 1 saturated carbocycles. The highest BCUT2D eigenvalue weighted by atomic mass is 16.5. The lowest BCUT2D eigenvalue weighted by molar-refractivity contribution is -0.141. The van der Waals surface area contributed by atoms with Crippen molar-refractivity contribution in [1.29, 1.82) is 0 Å². The molecule has 1 aliphatic rings. The number of unbranched alkanes of at least 4 members (excludes halogenated alkanes) is 1. The van der Waals surface area contributed by atoms with Gasteiger partial charge in [0.15, 0.2) is 11.5 Å². The molecule has 174 valence electrons. The maximum Gasteiger partial charge on any atom is 0.242 e. The lowest BCUT2D eigenvalue weighted by Gasteiger charge is -2.27. The Morgan fingerprint density at radius 2 is 1.88 bits per heavy atom. The summed E-state index contributed by atoms with van der Waals surface area (Å²) in [6.07, 6.45) is 6.55. The van der Waals surface area contributed by atoms with Gasteiger partial charge >= 0.3 is 0 Å². The number of carbonyl (C=O) groups excluding carboxylic acids is 2. The van der Waals surface area contributed by atoms with Crippen molar-refractivity contribution in [1.82, 2.24) is 9.80 Å². The first-order chi connectivity index (χ1) is 15.5. The fraction of sp³-hybridized carbons (Fsp3) is 0.520. The van der Waals surface area contributed by atoms with Crippen molar-refractivity contribution in [2.75, 3.05) is 27.3 Å². The molecule has 7 nitrogen and oxygen atoms in total. The van der Waals surface area contributed by atoms with Gasteiger partial charge in [0.1, 0.15) is 12.3 Å². The van der Waals surface area contributed by atoms with Crippen molar-refractivity contribution in [2.45, 2.75) is 58.0 Å². The van der Waals surface area contributed by atoms with Crippen LogP contribution in [-0.4, -0.2) is 55.0 Å². The third-order valence-corrected chi connectivity index (χ3v) is 5.76. The van der Waals surface area contributed by atoms with E-state index < -0.39 is 0 Å². The highest BCUT2D eigenvalue weighted by molar-refractivity contribution is 5.85. The van der Waals surface area contributed by atoms with E-state index in [1.165, 1.54) is 0 Å². The second kappa shape index (κ2) is 11.6. The van der Waals surface area contributed by atoms with E-state index in [1.54, 1.807) is 30.3 Å². The fourth-order valence-corrected chi connectivity index (χ4v) is 3.71. The van der Waals surface area contributed by atoms with Gasteiger partial charge in [0.05, 0.1) is 27.0 Å². The van der Waals surface area contributed by atoms with Crippen LogP contribution in [0.2, 0.25) is 0 Å². The molecule has 7 heteroatoms. The van der Waals surface area contributed by atoms with E-state index in [1.807, 2.05) is 30.3 Å². The topological polar surface area (TPSA) is 72.2 Å². The first kappa shape index (κ1) is 23.7. The third-order valence-electron chi connectivity index (χ3n) is 5.76. The molecule has 2 aromatic rings. The van der Waals surface area contributed by atoms with Crippen LogP contribution in [-0.2, 0) is 22.6 Å².